The summed E-state index contributed by atoms with van der Waals surface area (Å²) in [6, 6.07) is 11.9. The summed E-state index contributed by atoms with van der Waals surface area (Å²) in [7, 11) is -2.26. The molecule has 0 aliphatic heterocycles. The number of nitrogens with one attached hydrogen (secondary N) is 1. The Morgan fingerprint density at radius 3 is 2.12 bits per heavy atom. The van der Waals surface area contributed by atoms with E-state index in [0.717, 1.165) is 11.1 Å². The van der Waals surface area contributed by atoms with Crippen LogP contribution < -0.4 is 9.46 Å². The third-order valence-corrected chi connectivity index (χ3v) is 5.66. The van der Waals surface area contributed by atoms with E-state index in [2.05, 4.69) is 4.72 Å². The molecule has 0 fully saturated rings. The first-order valence-corrected chi connectivity index (χ1v) is 9.56. The Labute approximate surface area is 148 Å². The minimum atomic E-state index is -3.72. The van der Waals surface area contributed by atoms with Crippen LogP contribution in [0, 0.1) is 0 Å². The van der Waals surface area contributed by atoms with Crippen LogP contribution >= 0.6 is 11.6 Å². The minimum absolute atomic E-state index is 0.150. The smallest absolute Gasteiger partial charge is 0.244 e. The lowest BCUT2D eigenvalue weighted by Gasteiger charge is -2.17. The molecule has 0 saturated heterocycles. The van der Waals surface area contributed by atoms with Crippen LogP contribution in [0.4, 0.5) is 0 Å². The molecule has 0 aromatic heterocycles. The number of methoxy groups -OCH3 is 1. The van der Waals surface area contributed by atoms with Crippen molar-refractivity contribution in [3.8, 4) is 5.75 Å². The van der Waals surface area contributed by atoms with Crippen molar-refractivity contribution < 1.29 is 13.2 Å². The van der Waals surface area contributed by atoms with Crippen molar-refractivity contribution in [2.75, 3.05) is 7.11 Å². The third-order valence-electron chi connectivity index (χ3n) is 3.85. The van der Waals surface area contributed by atoms with E-state index in [1.807, 2.05) is 19.9 Å². The van der Waals surface area contributed by atoms with Crippen molar-refractivity contribution in [1.82, 2.24) is 4.72 Å². The van der Waals surface area contributed by atoms with Crippen LogP contribution in [-0.4, -0.2) is 15.5 Å². The molecule has 2 rings (SSSR count). The van der Waals surface area contributed by atoms with E-state index >= 15 is 0 Å². The number of halogens is 1. The topological polar surface area (TPSA) is 55.4 Å². The average Bonchev–Trinajstić information content (AvgIpc) is 2.54. The van der Waals surface area contributed by atoms with Gasteiger partial charge in [-0.15, -0.1) is 0 Å². The molecule has 0 radical (unpaired) electrons. The quantitative estimate of drug-likeness (QED) is 0.817. The van der Waals surface area contributed by atoms with Crippen molar-refractivity contribution in [2.45, 2.75) is 37.6 Å². The SMILES string of the molecule is COc1ccc(C(C)C)cc1S(=O)(=O)NC(C)c1ccc(Cl)cc1. The van der Waals surface area contributed by atoms with Gasteiger partial charge in [0.05, 0.1) is 7.11 Å². The van der Waals surface area contributed by atoms with Gasteiger partial charge in [-0.3, -0.25) is 0 Å². The largest absolute Gasteiger partial charge is 0.495 e. The van der Waals surface area contributed by atoms with Gasteiger partial charge in [0.25, 0.3) is 0 Å². The second kappa shape index (κ2) is 7.55. The Bertz CT molecular complexity index is 802. The van der Waals surface area contributed by atoms with Crippen LogP contribution in [0.3, 0.4) is 0 Å². The van der Waals surface area contributed by atoms with Gasteiger partial charge in [0.15, 0.2) is 0 Å². The van der Waals surface area contributed by atoms with Gasteiger partial charge in [-0.25, -0.2) is 13.1 Å². The minimum Gasteiger partial charge on any atom is -0.495 e. The molecule has 2 aromatic carbocycles. The van der Waals surface area contributed by atoms with Gasteiger partial charge < -0.3 is 4.74 Å². The van der Waals surface area contributed by atoms with Gasteiger partial charge in [0.2, 0.25) is 10.0 Å². The van der Waals surface area contributed by atoms with E-state index in [1.54, 1.807) is 43.3 Å². The molecule has 0 amide bonds. The zero-order chi connectivity index (χ0) is 17.9. The highest BCUT2D eigenvalue weighted by Crippen LogP contribution is 2.29. The molecule has 6 heteroatoms. The number of sulfonamides is 1. The van der Waals surface area contributed by atoms with Crippen LogP contribution in [0.5, 0.6) is 5.75 Å². The molecule has 1 N–H and O–H groups in total. The molecule has 0 saturated carbocycles. The first-order valence-electron chi connectivity index (χ1n) is 7.70. The molecule has 1 unspecified atom stereocenters. The van der Waals surface area contributed by atoms with Crippen molar-refractivity contribution >= 4 is 21.6 Å². The Hall–Kier alpha value is -1.56. The van der Waals surface area contributed by atoms with Crippen LogP contribution in [0.1, 0.15) is 43.9 Å². The summed E-state index contributed by atoms with van der Waals surface area (Å²) in [6.07, 6.45) is 0. The van der Waals surface area contributed by atoms with Gasteiger partial charge in [0, 0.05) is 11.1 Å². The van der Waals surface area contributed by atoms with Crippen LogP contribution in [0.25, 0.3) is 0 Å². The number of hydrogen-bond acceptors (Lipinski definition) is 3. The number of hydrogen-bond donors (Lipinski definition) is 1. The second-order valence-corrected chi connectivity index (χ2v) is 8.08. The molecule has 130 valence electrons. The molecule has 4 nitrogen and oxygen atoms in total. The molecule has 2 aromatic rings. The second-order valence-electron chi connectivity index (χ2n) is 5.96. The van der Waals surface area contributed by atoms with Crippen LogP contribution in [-0.2, 0) is 10.0 Å². The summed E-state index contributed by atoms with van der Waals surface area (Å²) in [5.41, 5.74) is 1.78. The van der Waals surface area contributed by atoms with Crippen LogP contribution in [0.15, 0.2) is 47.4 Å². The molecule has 24 heavy (non-hydrogen) atoms. The maximum atomic E-state index is 12.8. The zero-order valence-corrected chi connectivity index (χ0v) is 15.8. The van der Waals surface area contributed by atoms with Crippen molar-refractivity contribution in [2.24, 2.45) is 0 Å². The lowest BCUT2D eigenvalue weighted by Crippen LogP contribution is -2.27. The van der Waals surface area contributed by atoms with Gasteiger partial charge in [-0.05, 0) is 48.2 Å². The number of ether oxygens (including phenoxy) is 1. The third kappa shape index (κ3) is 4.29. The van der Waals surface area contributed by atoms with Gasteiger partial charge in [0.1, 0.15) is 10.6 Å². The molecular weight excluding hydrogens is 346 g/mol. The fourth-order valence-corrected chi connectivity index (χ4v) is 3.94. The molecule has 0 aliphatic rings. The Morgan fingerprint density at radius 1 is 1.00 bits per heavy atom. The predicted molar refractivity (Wildman–Crippen MR) is 97.3 cm³/mol. The van der Waals surface area contributed by atoms with E-state index in [4.69, 9.17) is 16.3 Å². The van der Waals surface area contributed by atoms with E-state index in [9.17, 15) is 8.42 Å². The summed E-state index contributed by atoms with van der Waals surface area (Å²) in [4.78, 5) is 0.150. The molecule has 1 atom stereocenters. The molecule has 0 aliphatic carbocycles. The summed E-state index contributed by atoms with van der Waals surface area (Å²) < 4.78 is 33.6. The fourth-order valence-electron chi connectivity index (χ4n) is 2.38. The van der Waals surface area contributed by atoms with E-state index < -0.39 is 10.0 Å². The first-order chi connectivity index (χ1) is 11.2. The summed E-state index contributed by atoms with van der Waals surface area (Å²) in [5, 5.41) is 0.611. The Kier molecular flexibility index (Phi) is 5.91. The molecule has 0 bridgehead atoms. The Balaban J connectivity index is 2.35. The Morgan fingerprint density at radius 2 is 1.58 bits per heavy atom. The molecular formula is C18H22ClNO3S. The summed E-state index contributed by atoms with van der Waals surface area (Å²) in [6.45, 7) is 5.82. The number of rotatable bonds is 6. The maximum absolute atomic E-state index is 12.8. The monoisotopic (exact) mass is 367 g/mol. The summed E-state index contributed by atoms with van der Waals surface area (Å²) >= 11 is 5.88. The molecule has 0 heterocycles. The van der Waals surface area contributed by atoms with Gasteiger partial charge in [-0.1, -0.05) is 43.6 Å². The summed E-state index contributed by atoms with van der Waals surface area (Å²) in [5.74, 6) is 0.550. The van der Waals surface area contributed by atoms with Gasteiger partial charge >= 0.3 is 0 Å². The van der Waals surface area contributed by atoms with Crippen molar-refractivity contribution in [3.63, 3.8) is 0 Å². The lowest BCUT2D eigenvalue weighted by atomic mass is 10.0. The lowest BCUT2D eigenvalue weighted by molar-refractivity contribution is 0.401. The van der Waals surface area contributed by atoms with E-state index in [1.165, 1.54) is 7.11 Å². The van der Waals surface area contributed by atoms with E-state index in [0.29, 0.717) is 10.8 Å². The maximum Gasteiger partial charge on any atom is 0.244 e. The standard InChI is InChI=1S/C18H22ClNO3S/c1-12(2)15-7-10-17(23-4)18(11-15)24(21,22)20-13(3)14-5-8-16(19)9-6-14/h5-13,20H,1-4H3. The highest BCUT2D eigenvalue weighted by Gasteiger charge is 2.23. The van der Waals surface area contributed by atoms with Gasteiger partial charge in [-0.2, -0.15) is 0 Å². The first kappa shape index (κ1) is 18.8. The molecule has 0 spiro atoms. The van der Waals surface area contributed by atoms with Crippen molar-refractivity contribution in [1.29, 1.82) is 0 Å². The van der Waals surface area contributed by atoms with Crippen molar-refractivity contribution in [3.05, 3.63) is 58.6 Å². The number of benzene rings is 2. The van der Waals surface area contributed by atoms with E-state index in [-0.39, 0.29) is 16.9 Å². The fraction of sp³-hybridized carbons (Fsp3) is 0.333. The van der Waals surface area contributed by atoms with Crippen LogP contribution in [0.2, 0.25) is 5.02 Å². The predicted octanol–water partition coefficient (Wildman–Crippen LogP) is 4.51. The normalized spacial score (nSPS) is 13.1. The average molecular weight is 368 g/mol. The highest BCUT2D eigenvalue weighted by atomic mass is 35.5. The highest BCUT2D eigenvalue weighted by molar-refractivity contribution is 7.89. The zero-order valence-electron chi connectivity index (χ0n) is 14.2.